The zero-order chi connectivity index (χ0) is 14.3. The molecule has 0 aliphatic rings. The van der Waals surface area contributed by atoms with Gasteiger partial charge in [0.1, 0.15) is 6.04 Å². The Morgan fingerprint density at radius 1 is 1.58 bits per heavy atom. The molecule has 0 amide bonds. The number of nitrogens with zero attached hydrogens (tertiary/aromatic N) is 1. The Bertz CT molecular complexity index is 471. The number of likely N-dealkylation sites (N-methyl/N-ethyl adjacent to an activating group) is 1. The molecule has 1 aromatic rings. The van der Waals surface area contributed by atoms with E-state index in [4.69, 9.17) is 16.3 Å². The summed E-state index contributed by atoms with van der Waals surface area (Å²) in [6.45, 7) is 4.22. The Morgan fingerprint density at radius 2 is 2.32 bits per heavy atom. The van der Waals surface area contributed by atoms with Gasteiger partial charge in [-0.1, -0.05) is 48.5 Å². The molecule has 1 atom stereocenters. The minimum absolute atomic E-state index is 0.309. The number of ether oxygens (including phenoxy) is 1. The van der Waals surface area contributed by atoms with Crippen LogP contribution in [0.2, 0.25) is 5.02 Å². The van der Waals surface area contributed by atoms with Gasteiger partial charge in [0.15, 0.2) is 0 Å². The molecule has 1 aromatic carbocycles. The Morgan fingerprint density at radius 3 is 2.89 bits per heavy atom. The van der Waals surface area contributed by atoms with E-state index in [1.165, 1.54) is 7.11 Å². The lowest BCUT2D eigenvalue weighted by atomic mass is 10.1. The highest BCUT2D eigenvalue weighted by molar-refractivity contribution is 6.30. The molecule has 1 unspecified atom stereocenters. The Hall–Kier alpha value is -1.58. The van der Waals surface area contributed by atoms with Gasteiger partial charge in [-0.2, -0.15) is 0 Å². The smallest absolute Gasteiger partial charge is 0.327 e. The third kappa shape index (κ3) is 4.54. The van der Waals surface area contributed by atoms with Gasteiger partial charge in [0, 0.05) is 11.6 Å². The molecule has 0 aliphatic carbocycles. The minimum Gasteiger partial charge on any atom is -0.468 e. The molecule has 0 saturated carbocycles. The summed E-state index contributed by atoms with van der Waals surface area (Å²) < 4.78 is 4.87. The summed E-state index contributed by atoms with van der Waals surface area (Å²) in [7, 11) is 3.24. The summed E-state index contributed by atoms with van der Waals surface area (Å²) in [6.07, 6.45) is 5.46. The minimum atomic E-state index is -0.474. The monoisotopic (exact) mass is 279 g/mol. The normalized spacial score (nSPS) is 12.6. The number of allylic oxidation sites excluding steroid dienone is 2. The van der Waals surface area contributed by atoms with Gasteiger partial charge in [0.2, 0.25) is 0 Å². The van der Waals surface area contributed by atoms with Crippen molar-refractivity contribution in [1.82, 2.24) is 4.90 Å². The Kier molecular flexibility index (Phi) is 6.33. The van der Waals surface area contributed by atoms with Crippen LogP contribution < -0.4 is 0 Å². The first-order valence-electron chi connectivity index (χ1n) is 5.91. The summed E-state index contributed by atoms with van der Waals surface area (Å²) in [4.78, 5) is 13.8. The third-order valence-electron chi connectivity index (χ3n) is 2.70. The highest BCUT2D eigenvalue weighted by atomic mass is 35.5. The number of hydrogen-bond acceptors (Lipinski definition) is 3. The van der Waals surface area contributed by atoms with Crippen molar-refractivity contribution in [3.05, 3.63) is 59.7 Å². The van der Waals surface area contributed by atoms with Crippen LogP contribution in [0.1, 0.15) is 11.6 Å². The molecule has 0 saturated heterocycles. The highest BCUT2D eigenvalue weighted by Crippen LogP contribution is 2.23. The molecule has 0 heterocycles. The molecule has 3 nitrogen and oxygen atoms in total. The largest absolute Gasteiger partial charge is 0.468 e. The fourth-order valence-corrected chi connectivity index (χ4v) is 1.99. The first kappa shape index (κ1) is 15.5. The number of hydrogen-bond donors (Lipinski definition) is 0. The SMILES string of the molecule is C=C/C=C\CN(C)C(C(=O)OC)c1cccc(Cl)c1. The maximum Gasteiger partial charge on any atom is 0.327 e. The maximum absolute atomic E-state index is 11.9. The Balaban J connectivity index is 2.97. The van der Waals surface area contributed by atoms with Crippen molar-refractivity contribution in [3.8, 4) is 0 Å². The van der Waals surface area contributed by atoms with E-state index >= 15 is 0 Å². The third-order valence-corrected chi connectivity index (χ3v) is 2.93. The topological polar surface area (TPSA) is 29.5 Å². The van der Waals surface area contributed by atoms with Crippen LogP contribution in [0, 0.1) is 0 Å². The lowest BCUT2D eigenvalue weighted by Gasteiger charge is -2.25. The molecule has 1 rings (SSSR count). The summed E-state index contributed by atoms with van der Waals surface area (Å²) >= 11 is 5.97. The van der Waals surface area contributed by atoms with Crippen LogP contribution >= 0.6 is 11.6 Å². The van der Waals surface area contributed by atoms with Crippen molar-refractivity contribution in [2.45, 2.75) is 6.04 Å². The van der Waals surface area contributed by atoms with Gasteiger partial charge in [-0.25, -0.2) is 4.79 Å². The van der Waals surface area contributed by atoms with Gasteiger partial charge in [-0.05, 0) is 24.7 Å². The molecular weight excluding hydrogens is 262 g/mol. The molecule has 102 valence electrons. The molecule has 0 aliphatic heterocycles. The molecule has 0 radical (unpaired) electrons. The number of methoxy groups -OCH3 is 1. The first-order valence-corrected chi connectivity index (χ1v) is 6.29. The number of rotatable bonds is 6. The van der Waals surface area contributed by atoms with Crippen LogP contribution in [-0.4, -0.2) is 31.6 Å². The number of carbonyl (C=O) groups is 1. The van der Waals surface area contributed by atoms with Crippen LogP contribution in [0.4, 0.5) is 0 Å². The lowest BCUT2D eigenvalue weighted by Crippen LogP contribution is -2.32. The Labute approximate surface area is 119 Å². The van der Waals surface area contributed by atoms with Crippen molar-refractivity contribution in [2.24, 2.45) is 0 Å². The van der Waals surface area contributed by atoms with E-state index in [0.29, 0.717) is 11.6 Å². The van der Waals surface area contributed by atoms with Crippen LogP contribution in [0.25, 0.3) is 0 Å². The summed E-state index contributed by atoms with van der Waals surface area (Å²) in [5.41, 5.74) is 0.814. The van der Waals surface area contributed by atoms with Gasteiger partial charge in [0.25, 0.3) is 0 Å². The molecule has 0 fully saturated rings. The average molecular weight is 280 g/mol. The average Bonchev–Trinajstić information content (AvgIpc) is 2.39. The molecular formula is C15H18ClNO2. The second-order valence-corrected chi connectivity index (χ2v) is 4.52. The highest BCUT2D eigenvalue weighted by Gasteiger charge is 2.25. The van der Waals surface area contributed by atoms with Crippen molar-refractivity contribution in [2.75, 3.05) is 20.7 Å². The van der Waals surface area contributed by atoms with Gasteiger partial charge >= 0.3 is 5.97 Å². The molecule has 19 heavy (non-hydrogen) atoms. The molecule has 0 spiro atoms. The zero-order valence-corrected chi connectivity index (χ0v) is 11.9. The van der Waals surface area contributed by atoms with Crippen molar-refractivity contribution in [1.29, 1.82) is 0 Å². The van der Waals surface area contributed by atoms with E-state index in [0.717, 1.165) is 5.56 Å². The lowest BCUT2D eigenvalue weighted by molar-refractivity contribution is -0.146. The van der Waals surface area contributed by atoms with Gasteiger partial charge in [-0.15, -0.1) is 0 Å². The van der Waals surface area contributed by atoms with Gasteiger partial charge in [-0.3, -0.25) is 4.90 Å². The van der Waals surface area contributed by atoms with Gasteiger partial charge < -0.3 is 4.74 Å². The van der Waals surface area contributed by atoms with Gasteiger partial charge in [0.05, 0.1) is 7.11 Å². The quantitative estimate of drug-likeness (QED) is 0.591. The standard InChI is InChI=1S/C15H18ClNO2/c1-4-5-6-10-17(2)14(15(18)19-3)12-8-7-9-13(16)11-12/h4-9,11,14H,1,10H2,2-3H3/b6-5-. The zero-order valence-electron chi connectivity index (χ0n) is 11.2. The molecule has 0 N–H and O–H groups in total. The predicted octanol–water partition coefficient (Wildman–Crippen LogP) is 3.23. The van der Waals surface area contributed by atoms with E-state index in [9.17, 15) is 4.79 Å². The summed E-state index contributed by atoms with van der Waals surface area (Å²) in [5, 5.41) is 0.599. The number of benzene rings is 1. The van der Waals surface area contributed by atoms with E-state index < -0.39 is 6.04 Å². The number of esters is 1. The number of halogens is 1. The van der Waals surface area contributed by atoms with E-state index in [1.807, 2.05) is 36.2 Å². The van der Waals surface area contributed by atoms with Crippen molar-refractivity contribution in [3.63, 3.8) is 0 Å². The molecule has 0 aromatic heterocycles. The van der Waals surface area contributed by atoms with E-state index in [-0.39, 0.29) is 5.97 Å². The van der Waals surface area contributed by atoms with Crippen LogP contribution in [0.15, 0.2) is 49.1 Å². The van der Waals surface area contributed by atoms with Crippen LogP contribution in [0.5, 0.6) is 0 Å². The maximum atomic E-state index is 11.9. The number of carbonyl (C=O) groups excluding carboxylic acids is 1. The van der Waals surface area contributed by atoms with Crippen LogP contribution in [0.3, 0.4) is 0 Å². The molecule has 0 bridgehead atoms. The molecule has 4 heteroatoms. The van der Waals surface area contributed by atoms with Crippen molar-refractivity contribution < 1.29 is 9.53 Å². The second kappa shape index (κ2) is 7.77. The summed E-state index contributed by atoms with van der Waals surface area (Å²) in [6, 6.07) is 6.76. The van der Waals surface area contributed by atoms with E-state index in [2.05, 4.69) is 6.58 Å². The van der Waals surface area contributed by atoms with E-state index in [1.54, 1.807) is 18.2 Å². The second-order valence-electron chi connectivity index (χ2n) is 4.08. The summed E-state index contributed by atoms with van der Waals surface area (Å²) in [5.74, 6) is -0.309. The fraction of sp³-hybridized carbons (Fsp3) is 0.267. The first-order chi connectivity index (χ1) is 9.10. The predicted molar refractivity (Wildman–Crippen MR) is 78.2 cm³/mol. The van der Waals surface area contributed by atoms with Crippen molar-refractivity contribution >= 4 is 17.6 Å². The van der Waals surface area contributed by atoms with Crippen LogP contribution in [-0.2, 0) is 9.53 Å². The fourth-order valence-electron chi connectivity index (χ4n) is 1.79.